The molecule has 0 aliphatic heterocycles. The van der Waals surface area contributed by atoms with E-state index in [1.54, 1.807) is 30.3 Å². The minimum Gasteiger partial charge on any atom is -0.403 e. The summed E-state index contributed by atoms with van der Waals surface area (Å²) in [6, 6.07) is 15.0. The number of nitrogens with two attached hydrogens (primary N) is 1. The number of para-hydroxylation sites is 1. The van der Waals surface area contributed by atoms with Crippen LogP contribution in [0, 0.1) is 5.92 Å². The molecular weight excluding hydrogens is 441 g/mol. The molecule has 34 heavy (non-hydrogen) atoms. The van der Waals surface area contributed by atoms with Gasteiger partial charge in [0, 0.05) is 24.4 Å². The van der Waals surface area contributed by atoms with E-state index in [4.69, 9.17) is 5.73 Å². The van der Waals surface area contributed by atoms with Crippen molar-refractivity contribution >= 4 is 23.4 Å². The average Bonchev–Trinajstić information content (AvgIpc) is 2.83. The molecule has 0 radical (unpaired) electrons. The van der Waals surface area contributed by atoms with Crippen molar-refractivity contribution in [2.75, 3.05) is 19.4 Å². The molecule has 0 unspecified atom stereocenters. The summed E-state index contributed by atoms with van der Waals surface area (Å²) in [7, 11) is 3.88. The number of allylic oxidation sites excluding steroid dienone is 1. The maximum atomic E-state index is 13.5. The molecule has 184 valence electrons. The topological polar surface area (TPSA) is 70.7 Å². The Morgan fingerprint density at radius 3 is 2.15 bits per heavy atom. The van der Waals surface area contributed by atoms with Crippen molar-refractivity contribution in [3.05, 3.63) is 72.1 Å². The fraction of sp³-hybridized carbons (Fsp3) is 0.385. The Morgan fingerprint density at radius 2 is 1.68 bits per heavy atom. The predicted molar refractivity (Wildman–Crippen MR) is 132 cm³/mol. The number of nitrogens with zero attached hydrogens (tertiary/aromatic N) is 2. The Morgan fingerprint density at radius 1 is 1.06 bits per heavy atom. The Balaban J connectivity index is 0.000000430. The van der Waals surface area contributed by atoms with Crippen LogP contribution in [0.25, 0.3) is 0 Å². The van der Waals surface area contributed by atoms with Crippen molar-refractivity contribution in [3.8, 4) is 0 Å². The normalized spacial score (nSPS) is 15.5. The minimum atomic E-state index is -4.65. The third-order valence-corrected chi connectivity index (χ3v) is 5.26. The number of hydrogen-bond acceptors (Lipinski definition) is 5. The van der Waals surface area contributed by atoms with E-state index in [1.807, 2.05) is 31.1 Å². The number of halogens is 3. The second-order valence-electron chi connectivity index (χ2n) is 8.47. The molecular formula is C26H33F3N4O. The first-order valence-corrected chi connectivity index (χ1v) is 11.3. The Kier molecular flexibility index (Phi) is 10.8. The molecule has 0 atom stereocenters. The monoisotopic (exact) mass is 474 g/mol. The summed E-state index contributed by atoms with van der Waals surface area (Å²) in [5.74, 6) is 0.406. The number of hydrogen-bond donors (Lipinski definition) is 2. The molecule has 8 heteroatoms. The number of aldehydes is 1. The van der Waals surface area contributed by atoms with Crippen LogP contribution >= 0.6 is 0 Å². The van der Waals surface area contributed by atoms with Gasteiger partial charge in [0.2, 0.25) is 0 Å². The molecule has 3 N–H and O–H groups in total. The highest BCUT2D eigenvalue weighted by Crippen LogP contribution is 2.27. The number of rotatable bonds is 7. The van der Waals surface area contributed by atoms with E-state index in [9.17, 15) is 18.0 Å². The molecule has 1 aliphatic carbocycles. The van der Waals surface area contributed by atoms with Crippen LogP contribution in [0.2, 0.25) is 0 Å². The highest BCUT2D eigenvalue weighted by molar-refractivity contribution is 6.07. The maximum absolute atomic E-state index is 13.5. The first-order chi connectivity index (χ1) is 16.2. The molecule has 5 nitrogen and oxygen atoms in total. The van der Waals surface area contributed by atoms with Crippen molar-refractivity contribution in [1.82, 2.24) is 4.90 Å². The Hall–Kier alpha value is -3.13. The van der Waals surface area contributed by atoms with E-state index in [0.29, 0.717) is 11.6 Å². The van der Waals surface area contributed by atoms with Gasteiger partial charge in [-0.15, -0.1) is 0 Å². The zero-order valence-electron chi connectivity index (χ0n) is 19.7. The number of carbonyl (C=O) groups is 1. The van der Waals surface area contributed by atoms with Crippen molar-refractivity contribution in [1.29, 1.82) is 0 Å². The van der Waals surface area contributed by atoms with E-state index in [-0.39, 0.29) is 11.4 Å². The second-order valence-corrected chi connectivity index (χ2v) is 8.47. The zero-order chi connectivity index (χ0) is 25.0. The summed E-state index contributed by atoms with van der Waals surface area (Å²) in [6.07, 6.45) is 3.49. The highest BCUT2D eigenvalue weighted by atomic mass is 19.4. The van der Waals surface area contributed by atoms with Crippen molar-refractivity contribution in [2.24, 2.45) is 16.6 Å². The molecule has 1 fully saturated rings. The Bertz CT molecular complexity index is 933. The van der Waals surface area contributed by atoms with E-state index < -0.39 is 11.9 Å². The molecule has 2 aromatic carbocycles. The number of carbonyl (C=O) groups excluding carboxylic acids is 1. The van der Waals surface area contributed by atoms with Crippen molar-refractivity contribution in [2.45, 2.75) is 44.8 Å². The zero-order valence-corrected chi connectivity index (χ0v) is 19.7. The van der Waals surface area contributed by atoms with Crippen LogP contribution in [0.4, 0.5) is 24.5 Å². The van der Waals surface area contributed by atoms with Gasteiger partial charge in [0.1, 0.15) is 6.29 Å². The van der Waals surface area contributed by atoms with Crippen molar-refractivity contribution < 1.29 is 18.0 Å². The van der Waals surface area contributed by atoms with Crippen LogP contribution in [0.5, 0.6) is 0 Å². The van der Waals surface area contributed by atoms with Gasteiger partial charge in [-0.25, -0.2) is 4.99 Å². The molecule has 0 aromatic heterocycles. The fourth-order valence-electron chi connectivity index (χ4n) is 3.57. The molecule has 0 amide bonds. The first kappa shape index (κ1) is 27.1. The number of alkyl halides is 3. The molecule has 2 aromatic rings. The lowest BCUT2D eigenvalue weighted by Gasteiger charge is -2.16. The summed E-state index contributed by atoms with van der Waals surface area (Å²) in [5, 5.41) is 2.71. The maximum Gasteiger partial charge on any atom is 0.435 e. The van der Waals surface area contributed by atoms with Gasteiger partial charge in [-0.05, 0) is 56.8 Å². The van der Waals surface area contributed by atoms with Crippen LogP contribution in [-0.2, 0) is 11.3 Å². The van der Waals surface area contributed by atoms with Gasteiger partial charge in [0.25, 0.3) is 0 Å². The SMILES string of the molecule is CN(C)Cc1ccc(N/C(=C/N)C(=Nc2ccccc2)C(F)(F)F)cc1.O=CC1CCCCC1. The number of nitrogens with one attached hydrogen (secondary N) is 1. The quantitative estimate of drug-likeness (QED) is 0.378. The van der Waals surface area contributed by atoms with E-state index in [2.05, 4.69) is 10.3 Å². The summed E-state index contributed by atoms with van der Waals surface area (Å²) in [6.45, 7) is 0.739. The van der Waals surface area contributed by atoms with Gasteiger partial charge in [-0.2, -0.15) is 13.2 Å². The molecule has 0 heterocycles. The average molecular weight is 475 g/mol. The van der Waals surface area contributed by atoms with E-state index >= 15 is 0 Å². The fourth-order valence-corrected chi connectivity index (χ4v) is 3.57. The summed E-state index contributed by atoms with van der Waals surface area (Å²) in [5.41, 5.74) is 5.81. The van der Waals surface area contributed by atoms with Gasteiger partial charge in [-0.3, -0.25) is 0 Å². The largest absolute Gasteiger partial charge is 0.435 e. The standard InChI is InChI=1S/C19H21F3N4.C7H12O/c1-26(2)13-14-8-10-16(11-9-14)24-17(12-23)18(19(20,21)22)25-15-6-4-3-5-7-15;8-6-7-4-2-1-3-5-7/h3-12,24H,13,23H2,1-2H3;6-7H,1-5H2/b17-12+,25-18?;. The van der Waals surface area contributed by atoms with Crippen LogP contribution < -0.4 is 11.1 Å². The number of anilines is 1. The van der Waals surface area contributed by atoms with Crippen LogP contribution in [0.3, 0.4) is 0 Å². The smallest absolute Gasteiger partial charge is 0.403 e. The molecule has 1 aliphatic rings. The van der Waals surface area contributed by atoms with Gasteiger partial charge >= 0.3 is 6.18 Å². The van der Waals surface area contributed by atoms with Crippen LogP contribution in [-0.4, -0.2) is 37.2 Å². The highest BCUT2D eigenvalue weighted by Gasteiger charge is 2.38. The minimum absolute atomic E-state index is 0.197. The van der Waals surface area contributed by atoms with Crippen LogP contribution in [0.1, 0.15) is 37.7 Å². The van der Waals surface area contributed by atoms with Crippen LogP contribution in [0.15, 0.2) is 71.5 Å². The lowest BCUT2D eigenvalue weighted by molar-refractivity contribution is -0.111. The Labute approximate surface area is 199 Å². The number of benzene rings is 2. The third-order valence-electron chi connectivity index (χ3n) is 5.26. The molecule has 0 bridgehead atoms. The summed E-state index contributed by atoms with van der Waals surface area (Å²) in [4.78, 5) is 15.9. The van der Waals surface area contributed by atoms with Gasteiger partial charge in [0.15, 0.2) is 5.71 Å². The van der Waals surface area contributed by atoms with Crippen molar-refractivity contribution in [3.63, 3.8) is 0 Å². The summed E-state index contributed by atoms with van der Waals surface area (Å²) < 4.78 is 40.4. The molecule has 3 rings (SSSR count). The lowest BCUT2D eigenvalue weighted by atomic mass is 9.91. The van der Waals surface area contributed by atoms with E-state index in [0.717, 1.165) is 37.4 Å². The lowest BCUT2D eigenvalue weighted by Crippen LogP contribution is -2.29. The number of aliphatic imine (C=N–C) groups is 1. The molecule has 0 spiro atoms. The molecule has 0 saturated heterocycles. The van der Waals surface area contributed by atoms with Gasteiger partial charge < -0.3 is 20.7 Å². The predicted octanol–water partition coefficient (Wildman–Crippen LogP) is 6.06. The first-order valence-electron chi connectivity index (χ1n) is 11.3. The van der Waals surface area contributed by atoms with Gasteiger partial charge in [-0.1, -0.05) is 49.6 Å². The van der Waals surface area contributed by atoms with E-state index in [1.165, 1.54) is 31.4 Å². The third kappa shape index (κ3) is 9.39. The second kappa shape index (κ2) is 13.5. The molecule has 1 saturated carbocycles. The van der Waals surface area contributed by atoms with Gasteiger partial charge in [0.05, 0.1) is 11.4 Å². The summed E-state index contributed by atoms with van der Waals surface area (Å²) >= 11 is 0.